The van der Waals surface area contributed by atoms with Gasteiger partial charge in [-0.1, -0.05) is 0 Å². The molecular weight excluding hydrogens is 196 g/mol. The molecule has 0 N–H and O–H groups in total. The van der Waals surface area contributed by atoms with E-state index in [0.717, 1.165) is 25.7 Å². The van der Waals surface area contributed by atoms with Crippen LogP contribution < -0.4 is 0 Å². The molecule has 0 aromatic carbocycles. The van der Waals surface area contributed by atoms with E-state index >= 15 is 0 Å². The van der Waals surface area contributed by atoms with Crippen LogP contribution in [-0.4, -0.2) is 24.6 Å². The first-order valence-electron chi connectivity index (χ1n) is 5.40. The fraction of sp³-hybridized carbons (Fsp3) is 0.818. The van der Waals surface area contributed by atoms with Gasteiger partial charge in [0.15, 0.2) is 0 Å². The molecule has 4 nitrogen and oxygen atoms in total. The van der Waals surface area contributed by atoms with Crippen LogP contribution in [0.25, 0.3) is 0 Å². The summed E-state index contributed by atoms with van der Waals surface area (Å²) in [5.41, 5.74) is 0. The van der Waals surface area contributed by atoms with Crippen molar-refractivity contribution in [2.24, 2.45) is 5.92 Å². The highest BCUT2D eigenvalue weighted by Gasteiger charge is 2.32. The first-order chi connectivity index (χ1) is 7.09. The minimum Gasteiger partial charge on any atom is -0.466 e. The summed E-state index contributed by atoms with van der Waals surface area (Å²) in [7, 11) is 0. The Balaban J connectivity index is 2.06. The van der Waals surface area contributed by atoms with Crippen LogP contribution in [0.1, 0.15) is 39.5 Å². The van der Waals surface area contributed by atoms with Gasteiger partial charge in [0.2, 0.25) is 0 Å². The van der Waals surface area contributed by atoms with Crippen LogP contribution in [0.4, 0.5) is 0 Å². The lowest BCUT2D eigenvalue weighted by Crippen LogP contribution is -2.35. The van der Waals surface area contributed by atoms with E-state index in [9.17, 15) is 9.59 Å². The van der Waals surface area contributed by atoms with E-state index in [4.69, 9.17) is 9.47 Å². The Kier molecular flexibility index (Phi) is 4.59. The van der Waals surface area contributed by atoms with E-state index in [1.54, 1.807) is 0 Å². The van der Waals surface area contributed by atoms with Crippen LogP contribution in [-0.2, 0) is 19.1 Å². The third-order valence-corrected chi connectivity index (χ3v) is 2.69. The summed E-state index contributed by atoms with van der Waals surface area (Å²) in [5, 5.41) is 0. The summed E-state index contributed by atoms with van der Waals surface area (Å²) in [6.07, 6.45) is 3.99. The van der Waals surface area contributed by atoms with Gasteiger partial charge < -0.3 is 9.47 Å². The van der Waals surface area contributed by atoms with Gasteiger partial charge in [-0.05, 0) is 31.6 Å². The molecule has 0 aliphatic heterocycles. The summed E-state index contributed by atoms with van der Waals surface area (Å²) in [4.78, 5) is 21.2. The van der Waals surface area contributed by atoms with Gasteiger partial charge in [-0.2, -0.15) is 0 Å². The van der Waals surface area contributed by atoms with E-state index in [-0.39, 0.29) is 18.0 Å². The van der Waals surface area contributed by atoms with Gasteiger partial charge in [-0.3, -0.25) is 9.59 Å². The lowest BCUT2D eigenvalue weighted by molar-refractivity contribution is -0.155. The molecule has 0 saturated heterocycles. The van der Waals surface area contributed by atoms with Crippen LogP contribution in [0, 0.1) is 5.92 Å². The third kappa shape index (κ3) is 4.32. The molecule has 1 rings (SSSR count). The molecule has 0 spiro atoms. The molecule has 0 bridgehead atoms. The largest absolute Gasteiger partial charge is 0.466 e. The quantitative estimate of drug-likeness (QED) is 0.516. The second-order valence-corrected chi connectivity index (χ2v) is 3.97. The van der Waals surface area contributed by atoms with E-state index in [1.807, 2.05) is 0 Å². The Morgan fingerprint density at radius 2 is 1.93 bits per heavy atom. The van der Waals surface area contributed by atoms with Crippen LogP contribution >= 0.6 is 0 Å². The Hall–Kier alpha value is -1.06. The van der Waals surface area contributed by atoms with Crippen LogP contribution in [0.15, 0.2) is 0 Å². The molecule has 1 saturated carbocycles. The van der Waals surface area contributed by atoms with Crippen LogP contribution in [0.5, 0.6) is 0 Å². The first-order valence-corrected chi connectivity index (χ1v) is 5.40. The minimum atomic E-state index is -0.236. The number of hydrogen-bond donors (Lipinski definition) is 0. The van der Waals surface area contributed by atoms with Gasteiger partial charge in [0.05, 0.1) is 6.61 Å². The summed E-state index contributed by atoms with van der Waals surface area (Å²) >= 11 is 0. The molecule has 0 amide bonds. The maximum Gasteiger partial charge on any atom is 0.302 e. The molecule has 4 heteroatoms. The molecule has 0 heterocycles. The number of hydrogen-bond acceptors (Lipinski definition) is 4. The van der Waals surface area contributed by atoms with Gasteiger partial charge in [0.25, 0.3) is 0 Å². The highest BCUT2D eigenvalue weighted by molar-refractivity contribution is 5.66. The molecule has 0 unspecified atom stereocenters. The first kappa shape index (κ1) is 12.0. The lowest BCUT2D eigenvalue weighted by Gasteiger charge is -2.35. The van der Waals surface area contributed by atoms with E-state index in [0.29, 0.717) is 12.5 Å². The molecule has 0 radical (unpaired) electrons. The maximum absolute atomic E-state index is 10.7. The summed E-state index contributed by atoms with van der Waals surface area (Å²) in [5.74, 6) is 0.0225. The number of esters is 2. The van der Waals surface area contributed by atoms with Crippen molar-refractivity contribution in [1.82, 2.24) is 0 Å². The second-order valence-electron chi connectivity index (χ2n) is 3.97. The van der Waals surface area contributed by atoms with E-state index in [2.05, 4.69) is 0 Å². The summed E-state index contributed by atoms with van der Waals surface area (Å²) in [6, 6.07) is 0. The van der Waals surface area contributed by atoms with Gasteiger partial charge in [0, 0.05) is 13.8 Å². The normalized spacial score (nSPS) is 24.1. The van der Waals surface area contributed by atoms with Gasteiger partial charge in [0.1, 0.15) is 6.10 Å². The topological polar surface area (TPSA) is 52.6 Å². The number of carbonyl (C=O) groups excluding carboxylic acids is 2. The van der Waals surface area contributed by atoms with Crippen molar-refractivity contribution in [3.63, 3.8) is 0 Å². The van der Waals surface area contributed by atoms with Gasteiger partial charge in [-0.25, -0.2) is 0 Å². The zero-order valence-electron chi connectivity index (χ0n) is 9.32. The molecule has 1 fully saturated rings. The SMILES string of the molecule is CC(=O)OCCC[C@@H]1CC[C@@H]1OC(C)=O. The van der Waals surface area contributed by atoms with Crippen molar-refractivity contribution < 1.29 is 19.1 Å². The smallest absolute Gasteiger partial charge is 0.302 e. The third-order valence-electron chi connectivity index (χ3n) is 2.69. The van der Waals surface area contributed by atoms with Crippen molar-refractivity contribution in [3.8, 4) is 0 Å². The predicted octanol–water partition coefficient (Wildman–Crippen LogP) is 1.67. The average molecular weight is 214 g/mol. The Labute approximate surface area is 89.9 Å². The van der Waals surface area contributed by atoms with E-state index in [1.165, 1.54) is 13.8 Å². The van der Waals surface area contributed by atoms with Crippen molar-refractivity contribution in [3.05, 3.63) is 0 Å². The molecular formula is C11H18O4. The van der Waals surface area contributed by atoms with Crippen LogP contribution in [0.2, 0.25) is 0 Å². The molecule has 86 valence electrons. The lowest BCUT2D eigenvalue weighted by atomic mass is 9.79. The Bertz CT molecular complexity index is 237. The van der Waals surface area contributed by atoms with Crippen molar-refractivity contribution >= 4 is 11.9 Å². The summed E-state index contributed by atoms with van der Waals surface area (Å²) in [6.45, 7) is 3.32. The minimum absolute atomic E-state index is 0.0971. The molecule has 1 aliphatic carbocycles. The number of carbonyl (C=O) groups is 2. The molecule has 1 aliphatic rings. The molecule has 15 heavy (non-hydrogen) atoms. The van der Waals surface area contributed by atoms with E-state index < -0.39 is 0 Å². The Morgan fingerprint density at radius 1 is 1.20 bits per heavy atom. The number of ether oxygens (including phenoxy) is 2. The van der Waals surface area contributed by atoms with Crippen molar-refractivity contribution in [2.75, 3.05) is 6.61 Å². The summed E-state index contributed by atoms with van der Waals surface area (Å²) < 4.78 is 9.96. The maximum atomic E-state index is 10.7. The molecule has 0 aromatic rings. The predicted molar refractivity (Wildman–Crippen MR) is 54.1 cm³/mol. The fourth-order valence-electron chi connectivity index (χ4n) is 1.80. The average Bonchev–Trinajstić information content (AvgIpc) is 2.11. The Morgan fingerprint density at radius 3 is 2.40 bits per heavy atom. The van der Waals surface area contributed by atoms with Gasteiger partial charge in [-0.15, -0.1) is 0 Å². The zero-order chi connectivity index (χ0) is 11.3. The zero-order valence-corrected chi connectivity index (χ0v) is 9.32. The highest BCUT2D eigenvalue weighted by Crippen LogP contribution is 2.33. The van der Waals surface area contributed by atoms with Crippen LogP contribution in [0.3, 0.4) is 0 Å². The fourth-order valence-corrected chi connectivity index (χ4v) is 1.80. The van der Waals surface area contributed by atoms with Crippen molar-refractivity contribution in [2.45, 2.75) is 45.6 Å². The monoisotopic (exact) mass is 214 g/mol. The standard InChI is InChI=1S/C11H18O4/c1-8(12)14-7-3-4-10-5-6-11(10)15-9(2)13/h10-11H,3-7H2,1-2H3/t10-,11+/m1/s1. The molecule has 2 atom stereocenters. The number of rotatable bonds is 5. The second kappa shape index (κ2) is 5.73. The molecule has 0 aromatic heterocycles. The van der Waals surface area contributed by atoms with Crippen molar-refractivity contribution in [1.29, 1.82) is 0 Å². The highest BCUT2D eigenvalue weighted by atomic mass is 16.5. The van der Waals surface area contributed by atoms with Gasteiger partial charge >= 0.3 is 11.9 Å².